The molecule has 1 saturated heterocycles. The highest BCUT2D eigenvalue weighted by atomic mass is 32.2. The summed E-state index contributed by atoms with van der Waals surface area (Å²) in [7, 11) is -2.96. The molecule has 25 heavy (non-hydrogen) atoms. The van der Waals surface area contributed by atoms with Crippen LogP contribution >= 0.6 is 0 Å². The van der Waals surface area contributed by atoms with Gasteiger partial charge in [0.15, 0.2) is 9.84 Å². The lowest BCUT2D eigenvalue weighted by Gasteiger charge is -2.14. The zero-order chi connectivity index (χ0) is 17.9. The van der Waals surface area contributed by atoms with Gasteiger partial charge in [0.25, 0.3) is 5.91 Å². The van der Waals surface area contributed by atoms with Gasteiger partial charge in [-0.2, -0.15) is 0 Å². The van der Waals surface area contributed by atoms with E-state index in [0.29, 0.717) is 17.9 Å². The van der Waals surface area contributed by atoms with Gasteiger partial charge in [0, 0.05) is 18.4 Å². The van der Waals surface area contributed by atoms with Crippen LogP contribution in [0.1, 0.15) is 35.3 Å². The van der Waals surface area contributed by atoms with Crippen molar-refractivity contribution in [3.63, 3.8) is 0 Å². The minimum Gasteiger partial charge on any atom is -0.350 e. The molecule has 0 aliphatic carbocycles. The number of rotatable bonds is 5. The van der Waals surface area contributed by atoms with Crippen molar-refractivity contribution in [2.45, 2.75) is 25.4 Å². The summed E-state index contributed by atoms with van der Waals surface area (Å²) in [5.74, 6) is 0.344. The fourth-order valence-corrected chi connectivity index (χ4v) is 4.39. The monoisotopic (exact) mass is 360 g/mol. The third-order valence-corrected chi connectivity index (χ3v) is 5.89. The zero-order valence-electron chi connectivity index (χ0n) is 13.8. The SMILES string of the molecule is CC(NC(=O)c1cnc(NC2CCS(=O)(=O)C2)nc1)c1ccccc1. The van der Waals surface area contributed by atoms with E-state index in [2.05, 4.69) is 20.6 Å². The highest BCUT2D eigenvalue weighted by Gasteiger charge is 2.28. The fraction of sp³-hybridized carbons (Fsp3) is 0.353. The Morgan fingerprint density at radius 2 is 1.88 bits per heavy atom. The molecule has 2 heterocycles. The smallest absolute Gasteiger partial charge is 0.254 e. The summed E-state index contributed by atoms with van der Waals surface area (Å²) in [6.45, 7) is 1.91. The van der Waals surface area contributed by atoms with Gasteiger partial charge in [-0.15, -0.1) is 0 Å². The summed E-state index contributed by atoms with van der Waals surface area (Å²) in [5, 5.41) is 5.89. The van der Waals surface area contributed by atoms with E-state index in [0.717, 1.165) is 5.56 Å². The number of hydrogen-bond donors (Lipinski definition) is 2. The molecule has 3 rings (SSSR count). The molecule has 1 amide bonds. The molecule has 0 radical (unpaired) electrons. The van der Waals surface area contributed by atoms with Crippen molar-refractivity contribution in [1.82, 2.24) is 15.3 Å². The first kappa shape index (κ1) is 17.3. The molecule has 1 aromatic carbocycles. The molecule has 1 aromatic heterocycles. The van der Waals surface area contributed by atoms with Crippen molar-refractivity contribution in [1.29, 1.82) is 0 Å². The molecule has 1 fully saturated rings. The Morgan fingerprint density at radius 1 is 1.20 bits per heavy atom. The average molecular weight is 360 g/mol. The normalized spacial score (nSPS) is 20.0. The molecule has 1 aliphatic heterocycles. The first-order valence-corrected chi connectivity index (χ1v) is 9.90. The second-order valence-electron chi connectivity index (χ2n) is 6.15. The third kappa shape index (κ3) is 4.54. The summed E-state index contributed by atoms with van der Waals surface area (Å²) in [6.07, 6.45) is 3.42. The van der Waals surface area contributed by atoms with Crippen LogP contribution < -0.4 is 10.6 Å². The molecule has 0 saturated carbocycles. The van der Waals surface area contributed by atoms with Crippen LogP contribution in [0.25, 0.3) is 0 Å². The van der Waals surface area contributed by atoms with E-state index in [9.17, 15) is 13.2 Å². The van der Waals surface area contributed by atoms with Gasteiger partial charge in [0.2, 0.25) is 5.95 Å². The zero-order valence-corrected chi connectivity index (χ0v) is 14.7. The Bertz CT molecular complexity index is 838. The predicted octanol–water partition coefficient (Wildman–Crippen LogP) is 1.57. The highest BCUT2D eigenvalue weighted by Crippen LogP contribution is 2.15. The Hall–Kier alpha value is -2.48. The Kier molecular flexibility index (Phi) is 4.98. The van der Waals surface area contributed by atoms with E-state index in [4.69, 9.17) is 0 Å². The lowest BCUT2D eigenvalue weighted by Crippen LogP contribution is -2.27. The first-order chi connectivity index (χ1) is 11.9. The van der Waals surface area contributed by atoms with Gasteiger partial charge in [-0.05, 0) is 18.9 Å². The molecule has 0 bridgehead atoms. The summed E-state index contributed by atoms with van der Waals surface area (Å²) in [6, 6.07) is 9.36. The van der Waals surface area contributed by atoms with Crippen LogP contribution in [-0.4, -0.2) is 41.8 Å². The van der Waals surface area contributed by atoms with Crippen LogP contribution in [0, 0.1) is 0 Å². The van der Waals surface area contributed by atoms with Crippen molar-refractivity contribution in [3.8, 4) is 0 Å². The number of benzene rings is 1. The van der Waals surface area contributed by atoms with Gasteiger partial charge < -0.3 is 10.6 Å². The molecular weight excluding hydrogens is 340 g/mol. The fourth-order valence-electron chi connectivity index (χ4n) is 2.72. The second-order valence-corrected chi connectivity index (χ2v) is 8.37. The number of sulfone groups is 1. The molecular formula is C17H20N4O3S. The molecule has 0 spiro atoms. The van der Waals surface area contributed by atoms with Crippen molar-refractivity contribution in [2.75, 3.05) is 16.8 Å². The van der Waals surface area contributed by atoms with Crippen molar-refractivity contribution < 1.29 is 13.2 Å². The maximum absolute atomic E-state index is 12.3. The topological polar surface area (TPSA) is 101 Å². The van der Waals surface area contributed by atoms with Crippen LogP contribution in [0.3, 0.4) is 0 Å². The number of hydrogen-bond acceptors (Lipinski definition) is 6. The molecule has 2 atom stereocenters. The molecule has 8 heteroatoms. The number of amides is 1. The number of nitrogens with one attached hydrogen (secondary N) is 2. The van der Waals surface area contributed by atoms with Crippen LogP contribution in [0.5, 0.6) is 0 Å². The minimum atomic E-state index is -2.96. The maximum Gasteiger partial charge on any atom is 0.254 e. The number of anilines is 1. The molecule has 7 nitrogen and oxygen atoms in total. The van der Waals surface area contributed by atoms with Crippen LogP contribution in [0.2, 0.25) is 0 Å². The number of aromatic nitrogens is 2. The minimum absolute atomic E-state index is 0.0905. The molecule has 2 unspecified atom stereocenters. The summed E-state index contributed by atoms with van der Waals surface area (Å²) < 4.78 is 22.9. The van der Waals surface area contributed by atoms with Gasteiger partial charge >= 0.3 is 0 Å². The Labute approximate surface area is 146 Å². The van der Waals surface area contributed by atoms with E-state index >= 15 is 0 Å². The summed E-state index contributed by atoms with van der Waals surface area (Å²) in [4.78, 5) is 20.5. The molecule has 2 N–H and O–H groups in total. The molecule has 1 aliphatic rings. The second kappa shape index (κ2) is 7.18. The van der Waals surface area contributed by atoms with Crippen molar-refractivity contribution in [2.24, 2.45) is 0 Å². The van der Waals surface area contributed by atoms with E-state index in [-0.39, 0.29) is 29.5 Å². The van der Waals surface area contributed by atoms with Crippen LogP contribution in [0.15, 0.2) is 42.7 Å². The lowest BCUT2D eigenvalue weighted by atomic mass is 10.1. The van der Waals surface area contributed by atoms with E-state index < -0.39 is 9.84 Å². The summed E-state index contributed by atoms with van der Waals surface area (Å²) >= 11 is 0. The van der Waals surface area contributed by atoms with Crippen LogP contribution in [0.4, 0.5) is 5.95 Å². The van der Waals surface area contributed by atoms with E-state index in [1.54, 1.807) is 0 Å². The van der Waals surface area contributed by atoms with E-state index in [1.807, 2.05) is 37.3 Å². The quantitative estimate of drug-likeness (QED) is 0.839. The number of carbonyl (C=O) groups is 1. The van der Waals surface area contributed by atoms with Crippen molar-refractivity contribution in [3.05, 3.63) is 53.9 Å². The van der Waals surface area contributed by atoms with Gasteiger partial charge in [0.05, 0.1) is 23.1 Å². The standard InChI is InChI=1S/C17H20N4O3S/c1-12(13-5-3-2-4-6-13)20-16(22)14-9-18-17(19-10-14)21-15-7-8-25(23,24)11-15/h2-6,9-10,12,15H,7-8,11H2,1H3,(H,20,22)(H,18,19,21). The van der Waals surface area contributed by atoms with Gasteiger partial charge in [0.1, 0.15) is 0 Å². The Balaban J connectivity index is 1.59. The number of nitrogens with zero attached hydrogens (tertiary/aromatic N) is 2. The first-order valence-electron chi connectivity index (χ1n) is 8.08. The van der Waals surface area contributed by atoms with Gasteiger partial charge in [-0.1, -0.05) is 30.3 Å². The lowest BCUT2D eigenvalue weighted by molar-refractivity contribution is 0.0939. The molecule has 132 valence electrons. The average Bonchev–Trinajstić information content (AvgIpc) is 2.94. The van der Waals surface area contributed by atoms with Gasteiger partial charge in [-0.3, -0.25) is 4.79 Å². The maximum atomic E-state index is 12.3. The van der Waals surface area contributed by atoms with E-state index in [1.165, 1.54) is 12.4 Å². The van der Waals surface area contributed by atoms with Crippen LogP contribution in [-0.2, 0) is 9.84 Å². The van der Waals surface area contributed by atoms with Gasteiger partial charge in [-0.25, -0.2) is 18.4 Å². The third-order valence-electron chi connectivity index (χ3n) is 4.13. The van der Waals surface area contributed by atoms with Crippen molar-refractivity contribution >= 4 is 21.7 Å². The number of carbonyl (C=O) groups excluding carboxylic acids is 1. The Morgan fingerprint density at radius 3 is 2.48 bits per heavy atom. The largest absolute Gasteiger partial charge is 0.350 e. The summed E-state index contributed by atoms with van der Waals surface area (Å²) in [5.41, 5.74) is 1.37. The predicted molar refractivity (Wildman–Crippen MR) is 95.0 cm³/mol. The highest BCUT2D eigenvalue weighted by molar-refractivity contribution is 7.91. The molecule has 2 aromatic rings.